The quantitative estimate of drug-likeness (QED) is 0.0147. The third kappa shape index (κ3) is 28.8. The minimum atomic E-state index is -5.12. The van der Waals surface area contributed by atoms with Crippen LogP contribution >= 0.6 is 7.82 Å². The van der Waals surface area contributed by atoms with Crippen LogP contribution in [0.3, 0.4) is 0 Å². The smallest absolute Gasteiger partial charge is 0.462 e. The number of rotatable bonds is 39. The van der Waals surface area contributed by atoms with Gasteiger partial charge in [0.15, 0.2) is 6.10 Å². The van der Waals surface area contributed by atoms with Crippen molar-refractivity contribution in [2.75, 3.05) is 13.2 Å². The van der Waals surface area contributed by atoms with Crippen molar-refractivity contribution in [1.82, 2.24) is 0 Å². The molecule has 0 heterocycles. The van der Waals surface area contributed by atoms with Crippen LogP contribution in [0.5, 0.6) is 0 Å². The van der Waals surface area contributed by atoms with Gasteiger partial charge >= 0.3 is 19.8 Å². The molecule has 1 aliphatic carbocycles. The zero-order valence-corrected chi connectivity index (χ0v) is 38.2. The van der Waals surface area contributed by atoms with Crippen molar-refractivity contribution in [3.8, 4) is 0 Å². The summed E-state index contributed by atoms with van der Waals surface area (Å²) in [5, 5.41) is 50.1. The maximum absolute atomic E-state index is 12.8. The van der Waals surface area contributed by atoms with Crippen molar-refractivity contribution < 1.29 is 63.1 Å². The van der Waals surface area contributed by atoms with Gasteiger partial charge in [-0.15, -0.1) is 0 Å². The van der Waals surface area contributed by atoms with Gasteiger partial charge in [0, 0.05) is 12.8 Å². The average Bonchev–Trinajstić information content (AvgIpc) is 3.23. The van der Waals surface area contributed by atoms with E-state index in [2.05, 4.69) is 38.2 Å². The predicted molar refractivity (Wildman–Crippen MR) is 235 cm³/mol. The van der Waals surface area contributed by atoms with E-state index in [0.29, 0.717) is 12.8 Å². The van der Waals surface area contributed by atoms with Crippen molar-refractivity contribution in [3.63, 3.8) is 0 Å². The molecule has 1 rings (SSSR count). The lowest BCUT2D eigenvalue weighted by molar-refractivity contribution is -0.220. The van der Waals surface area contributed by atoms with E-state index in [-0.39, 0.29) is 12.8 Å². The first-order valence-electron chi connectivity index (χ1n) is 23.6. The van der Waals surface area contributed by atoms with Crippen LogP contribution in [0.1, 0.15) is 200 Å². The second kappa shape index (κ2) is 36.8. The van der Waals surface area contributed by atoms with Crippen LogP contribution in [-0.4, -0.2) is 98.3 Å². The number of aliphatic hydroxyl groups is 5. The number of esters is 2. The summed E-state index contributed by atoms with van der Waals surface area (Å²) in [6, 6.07) is 0. The molecule has 6 unspecified atom stereocenters. The first-order valence-corrected chi connectivity index (χ1v) is 25.1. The van der Waals surface area contributed by atoms with Crippen LogP contribution in [0.4, 0.5) is 0 Å². The Bertz CT molecular complexity index is 1150. The monoisotopic (exact) mass is 877 g/mol. The Balaban J connectivity index is 2.47. The lowest BCUT2D eigenvalue weighted by atomic mass is 9.85. The molecule has 1 fully saturated rings. The Labute approximate surface area is 362 Å². The second-order valence-electron chi connectivity index (χ2n) is 16.6. The molecule has 0 aromatic rings. The Morgan fingerprint density at radius 3 is 1.38 bits per heavy atom. The first kappa shape index (κ1) is 56.3. The zero-order valence-electron chi connectivity index (χ0n) is 37.3. The third-order valence-electron chi connectivity index (χ3n) is 11.0. The van der Waals surface area contributed by atoms with Gasteiger partial charge in [0.05, 0.1) is 6.61 Å². The zero-order chi connectivity index (χ0) is 44.3. The number of unbranched alkanes of at least 4 members (excludes halogenated alkanes) is 23. The molecule has 0 bridgehead atoms. The molecule has 0 aliphatic heterocycles. The van der Waals surface area contributed by atoms with E-state index in [1.807, 2.05) is 0 Å². The number of phosphoric ester groups is 1. The summed E-state index contributed by atoms with van der Waals surface area (Å²) in [4.78, 5) is 35.7. The maximum atomic E-state index is 12.8. The summed E-state index contributed by atoms with van der Waals surface area (Å²) in [5.74, 6) is -1.13. The van der Waals surface area contributed by atoms with Gasteiger partial charge in [-0.2, -0.15) is 0 Å². The van der Waals surface area contributed by atoms with Crippen molar-refractivity contribution in [1.29, 1.82) is 0 Å². The Morgan fingerprint density at radius 1 is 0.517 bits per heavy atom. The Hall–Kier alpha value is -1.67. The van der Waals surface area contributed by atoms with E-state index in [9.17, 15) is 44.6 Å². The molecule has 1 saturated carbocycles. The summed E-state index contributed by atoms with van der Waals surface area (Å²) in [5.41, 5.74) is 0. The molecule has 0 spiro atoms. The summed E-state index contributed by atoms with van der Waals surface area (Å²) in [6.07, 6.45) is 26.6. The molecule has 0 aromatic heterocycles. The van der Waals surface area contributed by atoms with Crippen LogP contribution in [-0.2, 0) is 32.7 Å². The van der Waals surface area contributed by atoms with Crippen LogP contribution in [0, 0.1) is 0 Å². The fourth-order valence-corrected chi connectivity index (χ4v) is 8.17. The molecule has 1 aliphatic rings. The van der Waals surface area contributed by atoms with Gasteiger partial charge in [0.2, 0.25) is 0 Å². The minimum absolute atomic E-state index is 0.0944. The number of carbonyl (C=O) groups excluding carboxylic acids is 2. The Morgan fingerprint density at radius 2 is 0.900 bits per heavy atom. The molecule has 13 nitrogen and oxygen atoms in total. The standard InChI is InChI=1S/C46H85O13P/c1-3-5-7-9-11-13-15-17-19-21-23-25-27-29-31-33-35-40(48)58-38(37-57-60(54,55)59-46-44(52)42(50)41(49)43(51)45(46)53)36-56-39(47)34-32-30-28-26-24-22-20-18-16-14-12-10-8-6-4-2/h18,20,24,26,38,41-46,49-53H,3-17,19,21-23,25,27-37H2,1-2H3,(H,54,55)/b20-18+,26-24+/t38-,41?,42-,43?,44?,45?,46?/m1/s1. The van der Waals surface area contributed by atoms with E-state index in [1.54, 1.807) is 0 Å². The van der Waals surface area contributed by atoms with Crippen LogP contribution < -0.4 is 0 Å². The van der Waals surface area contributed by atoms with Gasteiger partial charge in [-0.1, -0.05) is 167 Å². The molecule has 8 atom stereocenters. The second-order valence-corrected chi connectivity index (χ2v) is 18.0. The molecule has 352 valence electrons. The number of hydrogen-bond donors (Lipinski definition) is 6. The van der Waals surface area contributed by atoms with Gasteiger partial charge in [0.1, 0.15) is 43.2 Å². The summed E-state index contributed by atoms with van der Waals surface area (Å²) >= 11 is 0. The van der Waals surface area contributed by atoms with Gasteiger partial charge in [0.25, 0.3) is 0 Å². The topological polar surface area (TPSA) is 210 Å². The van der Waals surface area contributed by atoms with Gasteiger partial charge < -0.3 is 39.9 Å². The largest absolute Gasteiger partial charge is 0.472 e. The van der Waals surface area contributed by atoms with Crippen molar-refractivity contribution in [2.24, 2.45) is 0 Å². The van der Waals surface area contributed by atoms with Crippen LogP contribution in [0.15, 0.2) is 24.3 Å². The predicted octanol–water partition coefficient (Wildman–Crippen LogP) is 9.23. The number of allylic oxidation sites excluding steroid dienone is 4. The molecule has 6 N–H and O–H groups in total. The molecular formula is C46H85O13P. The average molecular weight is 877 g/mol. The van der Waals surface area contributed by atoms with Crippen molar-refractivity contribution >= 4 is 19.8 Å². The van der Waals surface area contributed by atoms with Gasteiger partial charge in [-0.05, 0) is 44.9 Å². The maximum Gasteiger partial charge on any atom is 0.472 e. The van der Waals surface area contributed by atoms with E-state index < -0.39 is 75.7 Å². The van der Waals surface area contributed by atoms with E-state index >= 15 is 0 Å². The van der Waals surface area contributed by atoms with Gasteiger partial charge in [-0.3, -0.25) is 18.6 Å². The normalized spacial score (nSPS) is 22.3. The van der Waals surface area contributed by atoms with Crippen LogP contribution in [0.25, 0.3) is 0 Å². The van der Waals surface area contributed by atoms with Crippen LogP contribution in [0.2, 0.25) is 0 Å². The number of phosphoric acid groups is 1. The lowest BCUT2D eigenvalue weighted by Crippen LogP contribution is -2.64. The van der Waals surface area contributed by atoms with Crippen molar-refractivity contribution in [3.05, 3.63) is 24.3 Å². The van der Waals surface area contributed by atoms with E-state index in [4.69, 9.17) is 18.5 Å². The molecular weight excluding hydrogens is 791 g/mol. The molecule has 60 heavy (non-hydrogen) atoms. The molecule has 0 radical (unpaired) electrons. The highest BCUT2D eigenvalue weighted by Crippen LogP contribution is 2.47. The number of ether oxygens (including phenoxy) is 2. The minimum Gasteiger partial charge on any atom is -0.462 e. The van der Waals surface area contributed by atoms with E-state index in [0.717, 1.165) is 51.4 Å². The molecule has 14 heteroatoms. The highest BCUT2D eigenvalue weighted by molar-refractivity contribution is 7.47. The molecule has 0 aromatic carbocycles. The number of hydrogen-bond acceptors (Lipinski definition) is 12. The number of aliphatic hydroxyl groups excluding tert-OH is 5. The molecule has 0 saturated heterocycles. The summed E-state index contributed by atoms with van der Waals surface area (Å²) in [6.45, 7) is 3.28. The lowest BCUT2D eigenvalue weighted by Gasteiger charge is -2.41. The fraction of sp³-hybridized carbons (Fsp3) is 0.870. The van der Waals surface area contributed by atoms with Crippen molar-refractivity contribution in [2.45, 2.75) is 243 Å². The summed E-state index contributed by atoms with van der Waals surface area (Å²) in [7, 11) is -5.12. The third-order valence-corrected chi connectivity index (χ3v) is 12.0. The molecule has 0 amide bonds. The Kier molecular flexibility index (Phi) is 34.5. The van der Waals surface area contributed by atoms with Gasteiger partial charge in [-0.25, -0.2) is 4.57 Å². The highest BCUT2D eigenvalue weighted by atomic mass is 31.2. The summed E-state index contributed by atoms with van der Waals surface area (Å²) < 4.78 is 33.5. The number of carbonyl (C=O) groups is 2. The fourth-order valence-electron chi connectivity index (χ4n) is 7.20. The first-order chi connectivity index (χ1) is 28.9. The van der Waals surface area contributed by atoms with E-state index in [1.165, 1.54) is 109 Å². The highest BCUT2D eigenvalue weighted by Gasteiger charge is 2.51. The SMILES string of the molecule is CCCCCCCC/C=C/C/C=C/CCCCC(=O)OC[C@H](COP(=O)(O)OC1C(O)C(O)C(O)[C@@H](O)C1O)OC(=O)CCCCCCCCCCCCCCCCCC.